The third-order valence-corrected chi connectivity index (χ3v) is 6.29. The molecule has 0 aromatic heterocycles. The molecule has 1 saturated heterocycles. The molecule has 1 heterocycles. The van der Waals surface area contributed by atoms with Gasteiger partial charge in [-0.25, -0.2) is 4.39 Å². The number of carbonyl (C=O) groups excluding carboxylic acids is 2. The first-order valence-corrected chi connectivity index (χ1v) is 10.7. The molecule has 1 aliphatic heterocycles. The summed E-state index contributed by atoms with van der Waals surface area (Å²) in [6, 6.07) is 18.8. The van der Waals surface area contributed by atoms with E-state index in [1.54, 1.807) is 60.4 Å². The Kier molecular flexibility index (Phi) is 5.79. The molecule has 1 atom stereocenters. The number of aryl methyl sites for hydroxylation is 1. The molecule has 152 valence electrons. The van der Waals surface area contributed by atoms with Crippen LogP contribution in [0.2, 0.25) is 5.02 Å². The van der Waals surface area contributed by atoms with Crippen LogP contribution >= 0.6 is 23.4 Å². The van der Waals surface area contributed by atoms with Crippen molar-refractivity contribution in [1.82, 2.24) is 0 Å². The van der Waals surface area contributed by atoms with Crippen LogP contribution in [0.4, 0.5) is 15.8 Å². The van der Waals surface area contributed by atoms with E-state index in [9.17, 15) is 14.0 Å². The minimum absolute atomic E-state index is 0.0633. The van der Waals surface area contributed by atoms with Crippen molar-refractivity contribution in [2.45, 2.75) is 12.3 Å². The molecule has 2 amide bonds. The van der Waals surface area contributed by atoms with Crippen LogP contribution in [0.25, 0.3) is 0 Å². The maximum absolute atomic E-state index is 14.0. The summed E-state index contributed by atoms with van der Waals surface area (Å²) in [6.07, 6.45) is 0. The van der Waals surface area contributed by atoms with Crippen LogP contribution in [-0.2, 0) is 4.79 Å². The molecule has 0 bridgehead atoms. The number of nitrogens with zero attached hydrogens (tertiary/aromatic N) is 1. The summed E-state index contributed by atoms with van der Waals surface area (Å²) in [5.74, 6) is -0.331. The maximum atomic E-state index is 14.0. The van der Waals surface area contributed by atoms with Crippen LogP contribution in [0.5, 0.6) is 0 Å². The Morgan fingerprint density at radius 2 is 1.90 bits per heavy atom. The number of anilines is 2. The normalized spacial score (nSPS) is 16.0. The molecule has 1 aliphatic rings. The smallest absolute Gasteiger partial charge is 0.255 e. The standard InChI is InChI=1S/C23H18ClFN2O2S/c1-14-5-10-19(12-20(14)25)27-21(28)13-30-23(27)15-6-8-18(9-7-15)26-22(29)16-3-2-4-17(24)11-16/h2-12,23H,13H2,1H3,(H,26,29)/t23-/m0/s1. The van der Waals surface area contributed by atoms with Gasteiger partial charge in [0.15, 0.2) is 0 Å². The summed E-state index contributed by atoms with van der Waals surface area (Å²) in [4.78, 5) is 26.5. The predicted molar refractivity (Wildman–Crippen MR) is 120 cm³/mol. The van der Waals surface area contributed by atoms with E-state index in [2.05, 4.69) is 5.32 Å². The van der Waals surface area contributed by atoms with Gasteiger partial charge in [0.1, 0.15) is 11.2 Å². The van der Waals surface area contributed by atoms with Crippen molar-refractivity contribution < 1.29 is 14.0 Å². The molecule has 1 N–H and O–H groups in total. The van der Waals surface area contributed by atoms with Gasteiger partial charge in [0.25, 0.3) is 5.91 Å². The van der Waals surface area contributed by atoms with Crippen molar-refractivity contribution in [3.8, 4) is 0 Å². The highest BCUT2D eigenvalue weighted by molar-refractivity contribution is 8.00. The lowest BCUT2D eigenvalue weighted by Gasteiger charge is -2.25. The Morgan fingerprint density at radius 3 is 2.60 bits per heavy atom. The zero-order valence-corrected chi connectivity index (χ0v) is 17.6. The molecule has 1 fully saturated rings. The molecule has 4 nitrogen and oxygen atoms in total. The number of hydrogen-bond acceptors (Lipinski definition) is 3. The van der Waals surface area contributed by atoms with Gasteiger partial charge in [-0.1, -0.05) is 35.9 Å². The highest BCUT2D eigenvalue weighted by Gasteiger charge is 2.34. The van der Waals surface area contributed by atoms with Gasteiger partial charge in [-0.2, -0.15) is 0 Å². The number of benzene rings is 3. The van der Waals surface area contributed by atoms with Crippen molar-refractivity contribution in [2.75, 3.05) is 16.0 Å². The second-order valence-electron chi connectivity index (χ2n) is 6.95. The molecule has 0 saturated carbocycles. The molecular formula is C23H18ClFN2O2S. The number of nitrogens with one attached hydrogen (secondary N) is 1. The van der Waals surface area contributed by atoms with Crippen molar-refractivity contribution in [3.05, 3.63) is 94.3 Å². The molecule has 4 rings (SSSR count). The Bertz CT molecular complexity index is 1120. The molecular weight excluding hydrogens is 423 g/mol. The molecule has 30 heavy (non-hydrogen) atoms. The van der Waals surface area contributed by atoms with Crippen LogP contribution in [-0.4, -0.2) is 17.6 Å². The molecule has 0 aliphatic carbocycles. The molecule has 7 heteroatoms. The minimum Gasteiger partial charge on any atom is -0.322 e. The fraction of sp³-hybridized carbons (Fsp3) is 0.130. The van der Waals surface area contributed by atoms with E-state index in [4.69, 9.17) is 11.6 Å². The first-order valence-electron chi connectivity index (χ1n) is 9.29. The molecule has 0 spiro atoms. The zero-order chi connectivity index (χ0) is 21.3. The average Bonchev–Trinajstić information content (AvgIpc) is 3.12. The molecule has 3 aromatic rings. The van der Waals surface area contributed by atoms with E-state index in [0.29, 0.717) is 33.3 Å². The largest absolute Gasteiger partial charge is 0.322 e. The van der Waals surface area contributed by atoms with E-state index >= 15 is 0 Å². The highest BCUT2D eigenvalue weighted by atomic mass is 35.5. The number of hydrogen-bond donors (Lipinski definition) is 1. The Hall–Kier alpha value is -2.83. The van der Waals surface area contributed by atoms with Crippen LogP contribution < -0.4 is 10.2 Å². The number of halogens is 2. The fourth-order valence-corrected chi connectivity index (χ4v) is 4.61. The van der Waals surface area contributed by atoms with Gasteiger partial charge in [-0.3, -0.25) is 14.5 Å². The van der Waals surface area contributed by atoms with Crippen molar-refractivity contribution in [1.29, 1.82) is 0 Å². The monoisotopic (exact) mass is 440 g/mol. The van der Waals surface area contributed by atoms with Crippen molar-refractivity contribution >= 4 is 46.6 Å². The molecule has 0 radical (unpaired) electrons. The van der Waals surface area contributed by atoms with Crippen LogP contribution in [0.15, 0.2) is 66.7 Å². The SMILES string of the molecule is Cc1ccc(N2C(=O)CS[C@H]2c2ccc(NC(=O)c3cccc(Cl)c3)cc2)cc1F. The molecule has 0 unspecified atom stereocenters. The summed E-state index contributed by atoms with van der Waals surface area (Å²) in [5.41, 5.74) is 3.07. The van der Waals surface area contributed by atoms with Crippen LogP contribution in [0.1, 0.15) is 26.9 Å². The predicted octanol–water partition coefficient (Wildman–Crippen LogP) is 5.82. The first kappa shape index (κ1) is 20.4. The summed E-state index contributed by atoms with van der Waals surface area (Å²) in [6.45, 7) is 1.69. The van der Waals surface area contributed by atoms with E-state index in [1.165, 1.54) is 17.8 Å². The highest BCUT2D eigenvalue weighted by Crippen LogP contribution is 2.42. The maximum Gasteiger partial charge on any atom is 0.255 e. The second kappa shape index (κ2) is 8.50. The van der Waals surface area contributed by atoms with Gasteiger partial charge >= 0.3 is 0 Å². The lowest BCUT2D eigenvalue weighted by atomic mass is 10.1. The van der Waals surface area contributed by atoms with E-state index in [-0.39, 0.29) is 23.0 Å². The summed E-state index contributed by atoms with van der Waals surface area (Å²) >= 11 is 7.43. The Labute approximate surface area is 183 Å². The van der Waals surface area contributed by atoms with Gasteiger partial charge < -0.3 is 5.32 Å². The van der Waals surface area contributed by atoms with Gasteiger partial charge in [-0.15, -0.1) is 11.8 Å². The zero-order valence-electron chi connectivity index (χ0n) is 16.1. The lowest BCUT2D eigenvalue weighted by Crippen LogP contribution is -2.28. The second-order valence-corrected chi connectivity index (χ2v) is 8.45. The van der Waals surface area contributed by atoms with Gasteiger partial charge in [-0.05, 0) is 60.5 Å². The van der Waals surface area contributed by atoms with E-state index < -0.39 is 0 Å². The minimum atomic E-state index is -0.338. The average molecular weight is 441 g/mol. The third-order valence-electron chi connectivity index (χ3n) is 4.84. The quantitative estimate of drug-likeness (QED) is 0.556. The molecule has 3 aromatic carbocycles. The first-order chi connectivity index (χ1) is 14.4. The number of amides is 2. The van der Waals surface area contributed by atoms with Gasteiger partial charge in [0.2, 0.25) is 5.91 Å². The topological polar surface area (TPSA) is 49.4 Å². The van der Waals surface area contributed by atoms with Crippen LogP contribution in [0, 0.1) is 12.7 Å². The number of thioether (sulfide) groups is 1. The number of rotatable bonds is 4. The van der Waals surface area contributed by atoms with E-state index in [1.807, 2.05) is 12.1 Å². The fourth-order valence-electron chi connectivity index (χ4n) is 3.25. The van der Waals surface area contributed by atoms with E-state index in [0.717, 1.165) is 5.56 Å². The number of carbonyl (C=O) groups is 2. The Balaban J connectivity index is 1.53. The summed E-state index contributed by atoms with van der Waals surface area (Å²) < 4.78 is 14.0. The summed E-state index contributed by atoms with van der Waals surface area (Å²) in [7, 11) is 0. The van der Waals surface area contributed by atoms with Crippen LogP contribution in [0.3, 0.4) is 0 Å². The Morgan fingerprint density at radius 1 is 1.13 bits per heavy atom. The van der Waals surface area contributed by atoms with Gasteiger partial charge in [0, 0.05) is 22.0 Å². The third kappa shape index (κ3) is 4.20. The van der Waals surface area contributed by atoms with Crippen molar-refractivity contribution in [2.24, 2.45) is 0 Å². The summed E-state index contributed by atoms with van der Waals surface area (Å²) in [5, 5.41) is 3.08. The van der Waals surface area contributed by atoms with Crippen molar-refractivity contribution in [3.63, 3.8) is 0 Å². The lowest BCUT2D eigenvalue weighted by molar-refractivity contribution is -0.115. The van der Waals surface area contributed by atoms with Gasteiger partial charge in [0.05, 0.1) is 5.75 Å².